The standard InChI is InChI=1S/C26H28N4O4/c1-17-12-19(22-4-2-3-5-23(22)28-17)16-33-21-8-6-18(7-9-21)24-14-26(34-30-24)10-11-27-15-20(26)13-25(31)29-32/h2-9,12,14,20,27,30,32H,10-11,13,15-16H2,1H3,(H,29,31). The van der Waals surface area contributed by atoms with Crippen molar-refractivity contribution in [3.05, 3.63) is 77.5 Å². The number of hydroxylamine groups is 2. The van der Waals surface area contributed by atoms with Crippen LogP contribution in [0.25, 0.3) is 16.6 Å². The Labute approximate surface area is 197 Å². The third kappa shape index (κ3) is 4.48. The number of rotatable bonds is 6. The van der Waals surface area contributed by atoms with Crippen molar-refractivity contribution in [3.8, 4) is 5.75 Å². The largest absolute Gasteiger partial charge is 0.489 e. The zero-order valence-electron chi connectivity index (χ0n) is 19.0. The Morgan fingerprint density at radius 3 is 2.91 bits per heavy atom. The molecule has 2 aromatic carbocycles. The Morgan fingerprint density at radius 2 is 2.09 bits per heavy atom. The monoisotopic (exact) mass is 460 g/mol. The van der Waals surface area contributed by atoms with Crippen LogP contribution in [0.3, 0.4) is 0 Å². The molecule has 2 aliphatic heterocycles. The number of aryl methyl sites for hydroxylation is 1. The number of carbonyl (C=O) groups is 1. The van der Waals surface area contributed by atoms with Crippen molar-refractivity contribution in [2.24, 2.45) is 5.92 Å². The molecule has 8 nitrogen and oxygen atoms in total. The van der Waals surface area contributed by atoms with Gasteiger partial charge >= 0.3 is 0 Å². The molecule has 0 aliphatic carbocycles. The zero-order chi connectivity index (χ0) is 23.5. The smallest absolute Gasteiger partial charge is 0.243 e. The fourth-order valence-electron chi connectivity index (χ4n) is 4.78. The van der Waals surface area contributed by atoms with Gasteiger partial charge in [-0.15, -0.1) is 0 Å². The minimum atomic E-state index is -0.595. The number of para-hydroxylation sites is 1. The van der Waals surface area contributed by atoms with E-state index in [-0.39, 0.29) is 12.3 Å². The van der Waals surface area contributed by atoms with Gasteiger partial charge in [0.15, 0.2) is 0 Å². The van der Waals surface area contributed by atoms with Crippen LogP contribution in [0.15, 0.2) is 60.7 Å². The van der Waals surface area contributed by atoms with Crippen molar-refractivity contribution in [2.75, 3.05) is 13.1 Å². The third-order valence-corrected chi connectivity index (χ3v) is 6.56. The minimum absolute atomic E-state index is 0.0975. The van der Waals surface area contributed by atoms with Crippen LogP contribution in [0.2, 0.25) is 0 Å². The molecule has 5 rings (SSSR count). The summed E-state index contributed by atoms with van der Waals surface area (Å²) in [5.74, 6) is 0.257. The van der Waals surface area contributed by atoms with Crippen molar-refractivity contribution >= 4 is 22.5 Å². The Balaban J connectivity index is 1.30. The lowest BCUT2D eigenvalue weighted by Gasteiger charge is -2.38. The summed E-state index contributed by atoms with van der Waals surface area (Å²) in [7, 11) is 0. The molecule has 0 radical (unpaired) electrons. The highest BCUT2D eigenvalue weighted by Gasteiger charge is 2.45. The van der Waals surface area contributed by atoms with Gasteiger partial charge in [-0.3, -0.25) is 25.3 Å². The molecular weight excluding hydrogens is 432 g/mol. The van der Waals surface area contributed by atoms with E-state index in [0.29, 0.717) is 13.2 Å². The highest BCUT2D eigenvalue weighted by molar-refractivity contribution is 5.82. The van der Waals surface area contributed by atoms with E-state index in [4.69, 9.17) is 14.8 Å². The molecule has 4 N–H and O–H groups in total. The van der Waals surface area contributed by atoms with Gasteiger partial charge in [0.25, 0.3) is 0 Å². The maximum absolute atomic E-state index is 11.8. The van der Waals surface area contributed by atoms with Crippen molar-refractivity contribution in [3.63, 3.8) is 0 Å². The molecule has 0 bridgehead atoms. The van der Waals surface area contributed by atoms with Crippen molar-refractivity contribution in [1.82, 2.24) is 21.3 Å². The Bertz CT molecular complexity index is 1230. The number of piperidine rings is 1. The number of ether oxygens (including phenoxy) is 1. The van der Waals surface area contributed by atoms with Crippen LogP contribution in [0, 0.1) is 12.8 Å². The molecule has 1 saturated heterocycles. The van der Waals surface area contributed by atoms with Crippen LogP contribution in [-0.2, 0) is 16.2 Å². The number of carbonyl (C=O) groups excluding carboxylic acids is 1. The predicted octanol–water partition coefficient (Wildman–Crippen LogP) is 3.24. The van der Waals surface area contributed by atoms with Crippen LogP contribution in [0.5, 0.6) is 5.75 Å². The Kier molecular flexibility index (Phi) is 6.19. The summed E-state index contributed by atoms with van der Waals surface area (Å²) in [5, 5.41) is 13.3. The van der Waals surface area contributed by atoms with Gasteiger partial charge in [0.1, 0.15) is 18.0 Å². The number of fused-ring (bicyclic) bond motifs is 1. The molecule has 2 atom stereocenters. The second-order valence-electron chi connectivity index (χ2n) is 8.86. The number of amides is 1. The van der Waals surface area contributed by atoms with Gasteiger partial charge in [0.2, 0.25) is 5.91 Å². The molecule has 34 heavy (non-hydrogen) atoms. The van der Waals surface area contributed by atoms with E-state index in [1.54, 1.807) is 5.48 Å². The minimum Gasteiger partial charge on any atom is -0.489 e. The molecular formula is C26H28N4O4. The van der Waals surface area contributed by atoms with Crippen LogP contribution >= 0.6 is 0 Å². The normalized spacial score (nSPS) is 21.8. The summed E-state index contributed by atoms with van der Waals surface area (Å²) in [5.41, 5.74) is 9.05. The molecule has 1 fully saturated rings. The maximum atomic E-state index is 11.8. The summed E-state index contributed by atoms with van der Waals surface area (Å²) < 4.78 is 6.08. The lowest BCUT2D eigenvalue weighted by Crippen LogP contribution is -2.51. The fraction of sp³-hybridized carbons (Fsp3) is 0.308. The van der Waals surface area contributed by atoms with Crippen LogP contribution in [0.1, 0.15) is 29.7 Å². The van der Waals surface area contributed by atoms with Gasteiger partial charge in [-0.05, 0) is 67.9 Å². The number of benzene rings is 2. The van der Waals surface area contributed by atoms with Gasteiger partial charge in [-0.1, -0.05) is 18.2 Å². The maximum Gasteiger partial charge on any atom is 0.243 e. The number of hydrogen-bond donors (Lipinski definition) is 4. The summed E-state index contributed by atoms with van der Waals surface area (Å²) in [6.45, 7) is 3.87. The van der Waals surface area contributed by atoms with E-state index >= 15 is 0 Å². The Morgan fingerprint density at radius 1 is 1.26 bits per heavy atom. The summed E-state index contributed by atoms with van der Waals surface area (Å²) in [6, 6.07) is 18.0. The number of hydrogen-bond acceptors (Lipinski definition) is 7. The molecule has 2 aliphatic rings. The highest BCUT2D eigenvalue weighted by atomic mass is 16.7. The topological polar surface area (TPSA) is 105 Å². The fourth-order valence-corrected chi connectivity index (χ4v) is 4.78. The van der Waals surface area contributed by atoms with E-state index in [9.17, 15) is 4.79 Å². The molecule has 176 valence electrons. The first kappa shape index (κ1) is 22.3. The summed E-state index contributed by atoms with van der Waals surface area (Å²) >= 11 is 0. The van der Waals surface area contributed by atoms with Crippen LogP contribution in [0.4, 0.5) is 0 Å². The number of nitrogens with one attached hydrogen (secondary N) is 3. The quantitative estimate of drug-likeness (QED) is 0.331. The van der Waals surface area contributed by atoms with Crippen molar-refractivity contribution in [1.29, 1.82) is 0 Å². The molecule has 3 aromatic rings. The first-order valence-electron chi connectivity index (χ1n) is 11.5. The molecule has 1 aromatic heterocycles. The Hall–Kier alpha value is -3.46. The van der Waals surface area contributed by atoms with Gasteiger partial charge < -0.3 is 10.1 Å². The molecule has 2 unspecified atom stereocenters. The van der Waals surface area contributed by atoms with Gasteiger partial charge in [0.05, 0.1) is 11.2 Å². The zero-order valence-corrected chi connectivity index (χ0v) is 19.0. The van der Waals surface area contributed by atoms with Gasteiger partial charge in [-0.2, -0.15) is 0 Å². The summed E-state index contributed by atoms with van der Waals surface area (Å²) in [4.78, 5) is 22.4. The average Bonchev–Trinajstić information content (AvgIpc) is 3.28. The van der Waals surface area contributed by atoms with Gasteiger partial charge in [0, 0.05) is 35.5 Å². The second-order valence-corrected chi connectivity index (χ2v) is 8.86. The van der Waals surface area contributed by atoms with Gasteiger partial charge in [-0.25, -0.2) is 5.48 Å². The molecule has 0 saturated carbocycles. The molecule has 1 amide bonds. The lowest BCUT2D eigenvalue weighted by molar-refractivity contribution is -0.136. The van der Waals surface area contributed by atoms with E-state index in [0.717, 1.165) is 52.1 Å². The average molecular weight is 461 g/mol. The lowest BCUT2D eigenvalue weighted by atomic mass is 9.79. The van der Waals surface area contributed by atoms with Crippen molar-refractivity contribution in [2.45, 2.75) is 32.0 Å². The van der Waals surface area contributed by atoms with Crippen LogP contribution < -0.4 is 21.0 Å². The van der Waals surface area contributed by atoms with E-state index < -0.39 is 11.5 Å². The highest BCUT2D eigenvalue weighted by Crippen LogP contribution is 2.38. The predicted molar refractivity (Wildman–Crippen MR) is 128 cm³/mol. The van der Waals surface area contributed by atoms with E-state index in [1.807, 2.05) is 49.4 Å². The number of aromatic nitrogens is 1. The van der Waals surface area contributed by atoms with Crippen LogP contribution in [-0.4, -0.2) is 34.8 Å². The summed E-state index contributed by atoms with van der Waals surface area (Å²) in [6.07, 6.45) is 2.96. The molecule has 1 spiro atoms. The SMILES string of the molecule is Cc1cc(COc2ccc(C3=CC4(CCNCC4CC(=O)NO)ON3)cc2)c2ccccc2n1. The third-order valence-electron chi connectivity index (χ3n) is 6.56. The number of nitrogens with zero attached hydrogens (tertiary/aromatic N) is 1. The second kappa shape index (κ2) is 9.42. The van der Waals surface area contributed by atoms with E-state index in [2.05, 4.69) is 34.0 Å². The molecule has 3 heterocycles. The first-order valence-corrected chi connectivity index (χ1v) is 11.5. The van der Waals surface area contributed by atoms with E-state index in [1.165, 1.54) is 0 Å². The van der Waals surface area contributed by atoms with Crippen molar-refractivity contribution < 1.29 is 19.6 Å². The molecule has 8 heteroatoms. The number of pyridine rings is 1. The first-order chi connectivity index (χ1) is 16.6.